The van der Waals surface area contributed by atoms with Crippen molar-refractivity contribution in [2.75, 3.05) is 5.32 Å². The molecule has 0 radical (unpaired) electrons. The zero-order valence-electron chi connectivity index (χ0n) is 17.3. The molecule has 3 N–H and O–H groups in total. The summed E-state index contributed by atoms with van der Waals surface area (Å²) in [6.07, 6.45) is 6.42. The van der Waals surface area contributed by atoms with Crippen molar-refractivity contribution in [2.45, 2.75) is 6.54 Å². The number of nitrogens with zero attached hydrogens (tertiary/aromatic N) is 5. The van der Waals surface area contributed by atoms with E-state index in [2.05, 4.69) is 40.2 Å². The van der Waals surface area contributed by atoms with E-state index in [-0.39, 0.29) is 11.6 Å². The van der Waals surface area contributed by atoms with E-state index in [9.17, 15) is 4.79 Å². The number of carbonyl (C=O) groups excluding carboxylic acids is 1. The van der Waals surface area contributed by atoms with Gasteiger partial charge in [-0.3, -0.25) is 9.78 Å². The lowest BCUT2D eigenvalue weighted by molar-refractivity contribution is 0.103. The molecule has 0 bridgehead atoms. The second kappa shape index (κ2) is 8.05. The van der Waals surface area contributed by atoms with Crippen LogP contribution in [0.5, 0.6) is 0 Å². The number of ketones is 1. The SMILES string of the molecule is O=C(c1ccc2ncc(Cl)cc2c1)c1nc2ncnc(NCc3cnc4[nH]cc(Cl)c4c3)c2[nH]1. The van der Waals surface area contributed by atoms with E-state index in [0.29, 0.717) is 39.1 Å². The van der Waals surface area contributed by atoms with E-state index in [0.717, 1.165) is 27.5 Å². The molecule has 5 heterocycles. The molecule has 11 heteroatoms. The number of imidazole rings is 1. The Balaban J connectivity index is 1.29. The number of aromatic amines is 2. The van der Waals surface area contributed by atoms with E-state index in [1.54, 1.807) is 42.9 Å². The standard InChI is InChI=1S/C23H14Cl2N8O/c24-14-5-13-4-12(1-2-17(13)26-8-14)19(34)23-32-18-21(30-10-31-22(18)33-23)28-7-11-3-15-16(25)9-29-20(15)27-6-11/h1-6,8-10H,7H2,(H,27,29)(H2,28,30,31,32,33). The summed E-state index contributed by atoms with van der Waals surface area (Å²) >= 11 is 12.2. The Morgan fingerprint density at radius 1 is 1.03 bits per heavy atom. The van der Waals surface area contributed by atoms with Crippen molar-refractivity contribution in [1.29, 1.82) is 0 Å². The molecule has 0 fully saturated rings. The Labute approximate surface area is 201 Å². The third-order valence-electron chi connectivity index (χ3n) is 5.41. The van der Waals surface area contributed by atoms with Crippen molar-refractivity contribution in [3.63, 3.8) is 0 Å². The van der Waals surface area contributed by atoms with Gasteiger partial charge in [-0.15, -0.1) is 0 Å². The van der Waals surface area contributed by atoms with Gasteiger partial charge >= 0.3 is 0 Å². The molecule has 0 spiro atoms. The predicted octanol–water partition coefficient (Wildman–Crippen LogP) is 4.93. The van der Waals surface area contributed by atoms with Crippen molar-refractivity contribution in [3.8, 4) is 0 Å². The number of pyridine rings is 2. The number of rotatable bonds is 5. The van der Waals surface area contributed by atoms with Gasteiger partial charge in [0.2, 0.25) is 5.78 Å². The third-order valence-corrected chi connectivity index (χ3v) is 5.93. The summed E-state index contributed by atoms with van der Waals surface area (Å²) < 4.78 is 0. The Morgan fingerprint density at radius 2 is 1.94 bits per heavy atom. The monoisotopic (exact) mass is 488 g/mol. The van der Waals surface area contributed by atoms with Crippen LogP contribution >= 0.6 is 23.2 Å². The summed E-state index contributed by atoms with van der Waals surface area (Å²) in [6, 6.07) is 8.94. The van der Waals surface area contributed by atoms with Gasteiger partial charge in [0.25, 0.3) is 0 Å². The number of aromatic nitrogens is 7. The molecule has 0 saturated heterocycles. The average Bonchev–Trinajstić information content (AvgIpc) is 3.45. The van der Waals surface area contributed by atoms with Gasteiger partial charge < -0.3 is 15.3 Å². The number of nitrogens with one attached hydrogen (secondary N) is 3. The summed E-state index contributed by atoms with van der Waals surface area (Å²) in [7, 11) is 0. The lowest BCUT2D eigenvalue weighted by Crippen LogP contribution is -2.04. The zero-order valence-corrected chi connectivity index (χ0v) is 18.8. The summed E-state index contributed by atoms with van der Waals surface area (Å²) in [5.41, 5.74) is 3.76. The lowest BCUT2D eigenvalue weighted by Gasteiger charge is -2.06. The van der Waals surface area contributed by atoms with Gasteiger partial charge in [0, 0.05) is 41.5 Å². The highest BCUT2D eigenvalue weighted by Crippen LogP contribution is 2.24. The molecule has 6 rings (SSSR count). The molecule has 0 aliphatic carbocycles. The number of fused-ring (bicyclic) bond motifs is 3. The van der Waals surface area contributed by atoms with Crippen LogP contribution in [-0.4, -0.2) is 40.7 Å². The molecule has 0 aliphatic heterocycles. The molecule has 0 aliphatic rings. The fourth-order valence-electron chi connectivity index (χ4n) is 3.75. The van der Waals surface area contributed by atoms with Crippen LogP contribution in [0.15, 0.2) is 55.2 Å². The van der Waals surface area contributed by atoms with Gasteiger partial charge in [-0.1, -0.05) is 23.2 Å². The van der Waals surface area contributed by atoms with Gasteiger partial charge in [0.1, 0.15) is 17.5 Å². The van der Waals surface area contributed by atoms with Crippen LogP contribution in [-0.2, 0) is 6.54 Å². The second-order valence-corrected chi connectivity index (χ2v) is 8.47. The Hall–Kier alpha value is -4.08. The molecule has 5 aromatic heterocycles. The molecule has 1 aromatic carbocycles. The van der Waals surface area contributed by atoms with E-state index in [1.807, 2.05) is 6.07 Å². The van der Waals surface area contributed by atoms with Crippen LogP contribution < -0.4 is 5.32 Å². The molecule has 9 nitrogen and oxygen atoms in total. The first-order chi connectivity index (χ1) is 16.5. The lowest BCUT2D eigenvalue weighted by atomic mass is 10.1. The predicted molar refractivity (Wildman–Crippen MR) is 130 cm³/mol. The number of H-pyrrole nitrogens is 2. The molecule has 6 aromatic rings. The first-order valence-electron chi connectivity index (χ1n) is 10.2. The minimum absolute atomic E-state index is 0.162. The van der Waals surface area contributed by atoms with Crippen LogP contribution in [0.2, 0.25) is 10.0 Å². The van der Waals surface area contributed by atoms with Crippen molar-refractivity contribution >= 4 is 67.9 Å². The number of anilines is 1. The number of halogens is 2. The quantitative estimate of drug-likeness (QED) is 0.293. The Morgan fingerprint density at radius 3 is 2.85 bits per heavy atom. The largest absolute Gasteiger partial charge is 0.364 e. The molecular formula is C23H14Cl2N8O. The number of hydrogen-bond donors (Lipinski definition) is 3. The smallest absolute Gasteiger partial charge is 0.228 e. The van der Waals surface area contributed by atoms with Crippen LogP contribution in [0, 0.1) is 0 Å². The summed E-state index contributed by atoms with van der Waals surface area (Å²) in [6.45, 7) is 0.442. The van der Waals surface area contributed by atoms with Crippen molar-refractivity contribution in [2.24, 2.45) is 0 Å². The van der Waals surface area contributed by atoms with Crippen molar-refractivity contribution in [3.05, 3.63) is 82.2 Å². The van der Waals surface area contributed by atoms with Crippen LogP contribution in [0.3, 0.4) is 0 Å². The number of benzene rings is 1. The van der Waals surface area contributed by atoms with Crippen LogP contribution in [0.4, 0.5) is 5.82 Å². The van der Waals surface area contributed by atoms with Crippen LogP contribution in [0.25, 0.3) is 33.1 Å². The van der Waals surface area contributed by atoms with Crippen molar-refractivity contribution < 1.29 is 4.79 Å². The fraction of sp³-hybridized carbons (Fsp3) is 0.0435. The summed E-state index contributed by atoms with van der Waals surface area (Å²) in [4.78, 5) is 40.7. The number of carbonyl (C=O) groups is 1. The Bertz CT molecular complexity index is 1730. The first kappa shape index (κ1) is 20.5. The maximum absolute atomic E-state index is 13.1. The summed E-state index contributed by atoms with van der Waals surface area (Å²) in [5, 5.41) is 5.97. The molecule has 0 amide bonds. The maximum atomic E-state index is 13.1. The minimum atomic E-state index is -0.275. The first-order valence-corrected chi connectivity index (χ1v) is 11.0. The molecule has 34 heavy (non-hydrogen) atoms. The van der Waals surface area contributed by atoms with Crippen molar-refractivity contribution in [1.82, 2.24) is 34.9 Å². The van der Waals surface area contributed by atoms with Gasteiger partial charge in [-0.25, -0.2) is 19.9 Å². The average molecular weight is 489 g/mol. The van der Waals surface area contributed by atoms with E-state index in [1.165, 1.54) is 6.33 Å². The van der Waals surface area contributed by atoms with Gasteiger partial charge in [0.15, 0.2) is 17.3 Å². The van der Waals surface area contributed by atoms with Crippen LogP contribution in [0.1, 0.15) is 21.7 Å². The molecular weight excluding hydrogens is 475 g/mol. The van der Waals surface area contributed by atoms with E-state index in [4.69, 9.17) is 23.2 Å². The Kier molecular flexibility index (Phi) is 4.86. The normalized spacial score (nSPS) is 11.5. The van der Waals surface area contributed by atoms with Gasteiger partial charge in [-0.2, -0.15) is 0 Å². The molecule has 0 atom stereocenters. The minimum Gasteiger partial charge on any atom is -0.364 e. The second-order valence-electron chi connectivity index (χ2n) is 7.63. The topological polar surface area (TPSA) is 125 Å². The molecule has 0 unspecified atom stereocenters. The third kappa shape index (κ3) is 3.60. The van der Waals surface area contributed by atoms with Gasteiger partial charge in [0.05, 0.1) is 15.6 Å². The highest BCUT2D eigenvalue weighted by molar-refractivity contribution is 6.35. The fourth-order valence-corrected chi connectivity index (χ4v) is 4.11. The maximum Gasteiger partial charge on any atom is 0.228 e. The summed E-state index contributed by atoms with van der Waals surface area (Å²) in [5.74, 6) is 0.406. The van der Waals surface area contributed by atoms with Gasteiger partial charge in [-0.05, 0) is 35.9 Å². The van der Waals surface area contributed by atoms with E-state index < -0.39 is 0 Å². The highest BCUT2D eigenvalue weighted by Gasteiger charge is 2.17. The highest BCUT2D eigenvalue weighted by atomic mass is 35.5. The zero-order chi connectivity index (χ0) is 23.2. The molecule has 166 valence electrons. The molecule has 0 saturated carbocycles. The number of hydrogen-bond acceptors (Lipinski definition) is 7. The van der Waals surface area contributed by atoms with E-state index >= 15 is 0 Å².